The molecule has 0 radical (unpaired) electrons. The molecule has 0 aromatic rings. The van der Waals surface area contributed by atoms with Crippen LogP contribution in [0.4, 0.5) is 0 Å². The minimum absolute atomic E-state index is 0.136. The molecule has 0 aliphatic carbocycles. The molecule has 4 heteroatoms. The normalized spacial score (nSPS) is 14.2. The molecule has 0 spiro atoms. The Bertz CT molecular complexity index is 321. The number of carboxylic acids is 1. The summed E-state index contributed by atoms with van der Waals surface area (Å²) in [5, 5.41) is 12.3. The summed E-state index contributed by atoms with van der Waals surface area (Å²) in [6.07, 6.45) is 2.27. The Morgan fingerprint density at radius 1 is 1.11 bits per heavy atom. The number of aliphatic carboxylic acids is 1. The highest BCUT2D eigenvalue weighted by atomic mass is 16.4. The molecular weight excluding hydrogens is 242 g/mol. The van der Waals surface area contributed by atoms with Crippen molar-refractivity contribution in [2.75, 3.05) is 0 Å². The third-order valence-corrected chi connectivity index (χ3v) is 4.05. The van der Waals surface area contributed by atoms with Gasteiger partial charge in [-0.25, -0.2) is 0 Å². The van der Waals surface area contributed by atoms with E-state index in [4.69, 9.17) is 0 Å². The fourth-order valence-corrected chi connectivity index (χ4v) is 1.64. The molecule has 0 aliphatic rings. The molecule has 2 N–H and O–H groups in total. The molecule has 0 rings (SSSR count). The van der Waals surface area contributed by atoms with Gasteiger partial charge in [-0.2, -0.15) is 0 Å². The number of carboxylic acid groups (broad SMARTS) is 1. The molecule has 4 nitrogen and oxygen atoms in total. The van der Waals surface area contributed by atoms with Crippen molar-refractivity contribution in [1.82, 2.24) is 5.32 Å². The van der Waals surface area contributed by atoms with Gasteiger partial charge in [-0.3, -0.25) is 14.9 Å². The van der Waals surface area contributed by atoms with Crippen LogP contribution in [0.1, 0.15) is 67.2 Å². The molecule has 0 heterocycles. The monoisotopic (exact) mass is 271 g/mol. The molecular formula is C15H29NO3. The second-order valence-corrected chi connectivity index (χ2v) is 6.47. The predicted molar refractivity (Wildman–Crippen MR) is 77.2 cm³/mol. The lowest BCUT2D eigenvalue weighted by Crippen LogP contribution is -2.49. The zero-order chi connectivity index (χ0) is 15.3. The number of nitrogens with one attached hydrogen (secondary N) is 1. The Labute approximate surface area is 117 Å². The first kappa shape index (κ1) is 18.1. The lowest BCUT2D eigenvalue weighted by Gasteiger charge is -2.29. The molecule has 0 aromatic carbocycles. The number of Topliss-reactive ketones (excluding diaryl/α,β-unsaturated/α-hetero) is 1. The molecule has 0 saturated heterocycles. The van der Waals surface area contributed by atoms with Crippen LogP contribution in [0.3, 0.4) is 0 Å². The first-order valence-electron chi connectivity index (χ1n) is 7.09. The average Bonchev–Trinajstić information content (AvgIpc) is 2.33. The summed E-state index contributed by atoms with van der Waals surface area (Å²) in [4.78, 5) is 23.3. The van der Waals surface area contributed by atoms with Crippen LogP contribution < -0.4 is 5.32 Å². The molecule has 1 unspecified atom stereocenters. The van der Waals surface area contributed by atoms with E-state index in [1.807, 2.05) is 41.5 Å². The van der Waals surface area contributed by atoms with Crippen molar-refractivity contribution >= 4 is 11.8 Å². The van der Waals surface area contributed by atoms with Gasteiger partial charge in [0.25, 0.3) is 0 Å². The highest BCUT2D eigenvalue weighted by Gasteiger charge is 2.29. The zero-order valence-electron chi connectivity index (χ0n) is 13.2. The second-order valence-electron chi connectivity index (χ2n) is 6.47. The number of rotatable bonds is 9. The highest BCUT2D eigenvalue weighted by molar-refractivity contribution is 5.84. The van der Waals surface area contributed by atoms with Crippen LogP contribution in [0.25, 0.3) is 0 Å². The lowest BCUT2D eigenvalue weighted by atomic mass is 9.82. The smallest absolute Gasteiger partial charge is 0.320 e. The molecule has 1 atom stereocenters. The summed E-state index contributed by atoms with van der Waals surface area (Å²) in [7, 11) is 0. The maximum absolute atomic E-state index is 12.0. The van der Waals surface area contributed by atoms with Gasteiger partial charge < -0.3 is 5.11 Å². The van der Waals surface area contributed by atoms with E-state index in [1.165, 1.54) is 0 Å². The van der Waals surface area contributed by atoms with E-state index in [0.717, 1.165) is 12.8 Å². The molecule has 0 aliphatic heterocycles. The molecule has 0 fully saturated rings. The van der Waals surface area contributed by atoms with E-state index in [0.29, 0.717) is 12.8 Å². The van der Waals surface area contributed by atoms with Crippen LogP contribution in [0.5, 0.6) is 0 Å². The van der Waals surface area contributed by atoms with Crippen molar-refractivity contribution in [3.63, 3.8) is 0 Å². The van der Waals surface area contributed by atoms with Crippen molar-refractivity contribution in [2.45, 2.75) is 78.8 Å². The van der Waals surface area contributed by atoms with Gasteiger partial charge in [-0.1, -0.05) is 27.7 Å². The Morgan fingerprint density at radius 3 is 2.00 bits per heavy atom. The molecule has 112 valence electrons. The number of carbonyl (C=O) groups excluding carboxylic acids is 1. The third kappa shape index (κ3) is 6.19. The average molecular weight is 271 g/mol. The number of carbonyl (C=O) groups is 2. The zero-order valence-corrected chi connectivity index (χ0v) is 13.2. The predicted octanol–water partition coefficient (Wildman–Crippen LogP) is 3.00. The molecule has 19 heavy (non-hydrogen) atoms. The van der Waals surface area contributed by atoms with Crippen LogP contribution >= 0.6 is 0 Å². The van der Waals surface area contributed by atoms with E-state index in [9.17, 15) is 14.7 Å². The third-order valence-electron chi connectivity index (χ3n) is 4.05. The van der Waals surface area contributed by atoms with Gasteiger partial charge in [0.05, 0.1) is 0 Å². The van der Waals surface area contributed by atoms with E-state index < -0.39 is 12.0 Å². The van der Waals surface area contributed by atoms with Crippen LogP contribution in [0, 0.1) is 5.41 Å². The first-order chi connectivity index (χ1) is 8.55. The van der Waals surface area contributed by atoms with Crippen LogP contribution in [0.2, 0.25) is 0 Å². The summed E-state index contributed by atoms with van der Waals surface area (Å²) in [5.41, 5.74) is -0.588. The van der Waals surface area contributed by atoms with Gasteiger partial charge in [-0.05, 0) is 33.1 Å². The number of hydrogen-bond donors (Lipinski definition) is 2. The minimum Gasteiger partial charge on any atom is -0.480 e. The molecule has 0 aromatic heterocycles. The Morgan fingerprint density at radius 2 is 1.63 bits per heavy atom. The molecule has 0 bridgehead atoms. The van der Waals surface area contributed by atoms with Crippen LogP contribution in [-0.2, 0) is 9.59 Å². The van der Waals surface area contributed by atoms with Gasteiger partial charge in [0.1, 0.15) is 11.8 Å². The van der Waals surface area contributed by atoms with Gasteiger partial charge >= 0.3 is 5.97 Å². The number of ketones is 1. The second kappa shape index (κ2) is 7.04. The standard InChI is InChI=1S/C15H29NO3/c1-7-14(3,4)12(17)10-9-11(13(18)19)16-15(5,6)8-2/h11,16H,7-10H2,1-6H3,(H,18,19). The van der Waals surface area contributed by atoms with Crippen LogP contribution in [0.15, 0.2) is 0 Å². The molecule has 0 amide bonds. The Kier molecular flexibility index (Phi) is 6.70. The fourth-order valence-electron chi connectivity index (χ4n) is 1.64. The van der Waals surface area contributed by atoms with Gasteiger partial charge in [0, 0.05) is 17.4 Å². The largest absolute Gasteiger partial charge is 0.480 e. The Balaban J connectivity index is 4.55. The quantitative estimate of drug-likeness (QED) is 0.676. The summed E-state index contributed by atoms with van der Waals surface area (Å²) < 4.78 is 0. The van der Waals surface area contributed by atoms with E-state index in [-0.39, 0.29) is 16.7 Å². The summed E-state index contributed by atoms with van der Waals surface area (Å²) >= 11 is 0. The van der Waals surface area contributed by atoms with Gasteiger partial charge in [0.15, 0.2) is 0 Å². The van der Waals surface area contributed by atoms with Gasteiger partial charge in [-0.15, -0.1) is 0 Å². The summed E-state index contributed by atoms with van der Waals surface area (Å²) in [5.74, 6) is -0.749. The van der Waals surface area contributed by atoms with E-state index in [2.05, 4.69) is 5.32 Å². The SMILES string of the molecule is CCC(C)(C)NC(CCC(=O)C(C)(C)CC)C(=O)O. The maximum atomic E-state index is 12.0. The lowest BCUT2D eigenvalue weighted by molar-refractivity contribution is -0.140. The van der Waals surface area contributed by atoms with Gasteiger partial charge in [0.2, 0.25) is 0 Å². The maximum Gasteiger partial charge on any atom is 0.320 e. The van der Waals surface area contributed by atoms with Crippen LogP contribution in [-0.4, -0.2) is 28.4 Å². The fraction of sp³-hybridized carbons (Fsp3) is 0.867. The van der Waals surface area contributed by atoms with Crippen molar-refractivity contribution in [2.24, 2.45) is 5.41 Å². The first-order valence-corrected chi connectivity index (χ1v) is 7.09. The minimum atomic E-state index is -0.886. The van der Waals surface area contributed by atoms with E-state index >= 15 is 0 Å². The Hall–Kier alpha value is -0.900. The highest BCUT2D eigenvalue weighted by Crippen LogP contribution is 2.24. The number of hydrogen-bond acceptors (Lipinski definition) is 3. The van der Waals surface area contributed by atoms with Crippen molar-refractivity contribution in [3.8, 4) is 0 Å². The van der Waals surface area contributed by atoms with E-state index in [1.54, 1.807) is 0 Å². The van der Waals surface area contributed by atoms with Crippen molar-refractivity contribution < 1.29 is 14.7 Å². The summed E-state index contributed by atoms with van der Waals surface area (Å²) in [6, 6.07) is -0.661. The van der Waals surface area contributed by atoms with Crippen molar-refractivity contribution in [1.29, 1.82) is 0 Å². The van der Waals surface area contributed by atoms with Crippen molar-refractivity contribution in [3.05, 3.63) is 0 Å². The summed E-state index contributed by atoms with van der Waals surface area (Å²) in [6.45, 7) is 11.8. The topological polar surface area (TPSA) is 66.4 Å². The molecule has 0 saturated carbocycles.